The number of anilines is 1. The maximum absolute atomic E-state index is 12.7. The van der Waals surface area contributed by atoms with Gasteiger partial charge in [-0.1, -0.05) is 48.5 Å². The molecule has 0 bridgehead atoms. The molecule has 0 unspecified atom stereocenters. The fraction of sp³-hybridized carbons (Fsp3) is 0.0556. The Morgan fingerprint density at radius 2 is 1.48 bits per heavy atom. The molecule has 0 radical (unpaired) electrons. The number of nitrogens with one attached hydrogen (secondary N) is 1. The third-order valence-electron chi connectivity index (χ3n) is 3.14. The van der Waals surface area contributed by atoms with Crippen molar-refractivity contribution in [2.45, 2.75) is 10.1 Å². The summed E-state index contributed by atoms with van der Waals surface area (Å²) in [5, 5.41) is 2.41. The molecule has 0 aliphatic rings. The van der Waals surface area contributed by atoms with E-state index in [9.17, 15) is 4.79 Å². The van der Waals surface area contributed by atoms with E-state index in [0.717, 1.165) is 10.5 Å². The van der Waals surface area contributed by atoms with Gasteiger partial charge in [-0.2, -0.15) is 0 Å². The molecule has 1 amide bonds. The predicted octanol–water partition coefficient (Wildman–Crippen LogP) is 3.95. The number of thioether (sulfide) groups is 1. The topological polar surface area (TPSA) is 54.9 Å². The number of benzene rings is 2. The number of carbonyl (C=O) groups excluding carboxylic acids is 1. The quantitative estimate of drug-likeness (QED) is 0.723. The first-order chi connectivity index (χ1) is 11.3. The Balaban J connectivity index is 1.84. The van der Waals surface area contributed by atoms with Crippen LogP contribution in [0, 0.1) is 0 Å². The van der Waals surface area contributed by atoms with Gasteiger partial charge in [-0.3, -0.25) is 10.1 Å². The first-order valence-corrected chi connectivity index (χ1v) is 8.05. The van der Waals surface area contributed by atoms with Crippen LogP contribution in [0.25, 0.3) is 0 Å². The van der Waals surface area contributed by atoms with Crippen LogP contribution in [0.15, 0.2) is 84.0 Å². The van der Waals surface area contributed by atoms with Crippen LogP contribution < -0.4 is 5.32 Å². The molecule has 23 heavy (non-hydrogen) atoms. The molecular weight excluding hydrogens is 306 g/mol. The molecule has 4 nitrogen and oxygen atoms in total. The second kappa shape index (κ2) is 7.56. The maximum atomic E-state index is 12.7. The van der Waals surface area contributed by atoms with Crippen molar-refractivity contribution in [3.8, 4) is 0 Å². The molecule has 0 fully saturated rings. The third-order valence-corrected chi connectivity index (χ3v) is 4.40. The molecule has 1 aromatic heterocycles. The molecule has 1 heterocycles. The van der Waals surface area contributed by atoms with Crippen LogP contribution in [0.3, 0.4) is 0 Å². The first-order valence-electron chi connectivity index (χ1n) is 7.17. The number of rotatable bonds is 5. The average molecular weight is 321 g/mol. The molecule has 0 aliphatic carbocycles. The number of carbonyl (C=O) groups is 1. The zero-order valence-corrected chi connectivity index (χ0v) is 13.1. The lowest BCUT2D eigenvalue weighted by Gasteiger charge is -2.16. The lowest BCUT2D eigenvalue weighted by Crippen LogP contribution is -2.20. The molecule has 5 heteroatoms. The summed E-state index contributed by atoms with van der Waals surface area (Å²) in [5.41, 5.74) is 0.940. The molecule has 3 aromatic rings. The van der Waals surface area contributed by atoms with Gasteiger partial charge < -0.3 is 0 Å². The van der Waals surface area contributed by atoms with E-state index in [1.165, 1.54) is 11.8 Å². The van der Waals surface area contributed by atoms with Crippen molar-refractivity contribution in [1.29, 1.82) is 0 Å². The number of hydrogen-bond donors (Lipinski definition) is 1. The van der Waals surface area contributed by atoms with Crippen molar-refractivity contribution in [2.24, 2.45) is 0 Å². The predicted molar refractivity (Wildman–Crippen MR) is 92.1 cm³/mol. The second-order valence-corrected chi connectivity index (χ2v) is 5.96. The molecule has 1 atom stereocenters. The van der Waals surface area contributed by atoms with Crippen molar-refractivity contribution >= 4 is 23.6 Å². The largest absolute Gasteiger partial charge is 0.293 e. The summed E-state index contributed by atoms with van der Waals surface area (Å²) in [6.45, 7) is 0. The van der Waals surface area contributed by atoms with Crippen LogP contribution in [-0.2, 0) is 4.79 Å². The standard InChI is InChI=1S/C18H15N3OS/c22-17(21-18-19-12-7-13-20-18)16(14-8-3-1-4-9-14)23-15-10-5-2-6-11-15/h1-13,16H,(H,19,20,21,22)/t16-/m0/s1. The minimum atomic E-state index is -0.373. The van der Waals surface area contributed by atoms with E-state index in [-0.39, 0.29) is 11.2 Å². The minimum Gasteiger partial charge on any atom is -0.293 e. The molecule has 114 valence electrons. The smallest absolute Gasteiger partial charge is 0.244 e. The summed E-state index contributed by atoms with van der Waals surface area (Å²) in [6.07, 6.45) is 3.20. The van der Waals surface area contributed by atoms with Crippen LogP contribution in [0.1, 0.15) is 10.8 Å². The molecule has 0 spiro atoms. The van der Waals surface area contributed by atoms with Gasteiger partial charge in [0.2, 0.25) is 11.9 Å². The van der Waals surface area contributed by atoms with Crippen LogP contribution in [0.2, 0.25) is 0 Å². The molecule has 1 N–H and O–H groups in total. The Hall–Kier alpha value is -2.66. The Kier molecular flexibility index (Phi) is 5.01. The van der Waals surface area contributed by atoms with Crippen LogP contribution in [0.5, 0.6) is 0 Å². The molecule has 2 aromatic carbocycles. The number of hydrogen-bond acceptors (Lipinski definition) is 4. The normalized spacial score (nSPS) is 11.7. The average Bonchev–Trinajstić information content (AvgIpc) is 2.62. The van der Waals surface area contributed by atoms with Gasteiger partial charge in [-0.25, -0.2) is 9.97 Å². The van der Waals surface area contributed by atoms with Crippen molar-refractivity contribution in [2.75, 3.05) is 5.32 Å². The van der Waals surface area contributed by atoms with Crippen molar-refractivity contribution in [3.05, 3.63) is 84.7 Å². The Labute approximate surface area is 139 Å². The SMILES string of the molecule is O=C(Nc1ncccn1)[C@@H](Sc1ccccc1)c1ccccc1. The van der Waals surface area contributed by atoms with E-state index < -0.39 is 0 Å². The van der Waals surface area contributed by atoms with Gasteiger partial charge in [-0.15, -0.1) is 11.8 Å². The Bertz CT molecular complexity index is 751. The Morgan fingerprint density at radius 3 is 2.13 bits per heavy atom. The van der Waals surface area contributed by atoms with E-state index >= 15 is 0 Å². The summed E-state index contributed by atoms with van der Waals surface area (Å²) in [6, 6.07) is 21.3. The van der Waals surface area contributed by atoms with Gasteiger partial charge in [0.1, 0.15) is 5.25 Å². The van der Waals surface area contributed by atoms with Crippen molar-refractivity contribution in [1.82, 2.24) is 9.97 Å². The summed E-state index contributed by atoms with van der Waals surface area (Å²) in [7, 11) is 0. The van der Waals surface area contributed by atoms with Gasteiger partial charge in [0, 0.05) is 17.3 Å². The highest BCUT2D eigenvalue weighted by molar-refractivity contribution is 8.00. The van der Waals surface area contributed by atoms with E-state index in [2.05, 4.69) is 15.3 Å². The van der Waals surface area contributed by atoms with E-state index in [1.807, 2.05) is 60.7 Å². The zero-order chi connectivity index (χ0) is 15.9. The second-order valence-electron chi connectivity index (χ2n) is 4.78. The summed E-state index contributed by atoms with van der Waals surface area (Å²) < 4.78 is 0. The van der Waals surface area contributed by atoms with Crippen molar-refractivity contribution in [3.63, 3.8) is 0 Å². The summed E-state index contributed by atoms with van der Waals surface area (Å²) in [4.78, 5) is 21.8. The monoisotopic (exact) mass is 321 g/mol. The highest BCUT2D eigenvalue weighted by Crippen LogP contribution is 2.35. The Morgan fingerprint density at radius 1 is 0.870 bits per heavy atom. The number of aromatic nitrogens is 2. The zero-order valence-electron chi connectivity index (χ0n) is 12.3. The molecular formula is C18H15N3OS. The van der Waals surface area contributed by atoms with E-state index in [0.29, 0.717) is 5.95 Å². The first kappa shape index (κ1) is 15.2. The van der Waals surface area contributed by atoms with Crippen LogP contribution >= 0.6 is 11.8 Å². The molecule has 0 saturated heterocycles. The maximum Gasteiger partial charge on any atom is 0.244 e. The molecule has 0 saturated carbocycles. The lowest BCUT2D eigenvalue weighted by atomic mass is 10.1. The molecule has 0 aliphatic heterocycles. The summed E-state index contributed by atoms with van der Waals surface area (Å²) >= 11 is 1.50. The summed E-state index contributed by atoms with van der Waals surface area (Å²) in [5.74, 6) is 0.170. The highest BCUT2D eigenvalue weighted by atomic mass is 32.2. The van der Waals surface area contributed by atoms with Gasteiger partial charge >= 0.3 is 0 Å². The fourth-order valence-corrected chi connectivity index (χ4v) is 3.12. The van der Waals surface area contributed by atoms with Crippen molar-refractivity contribution < 1.29 is 4.79 Å². The van der Waals surface area contributed by atoms with E-state index in [4.69, 9.17) is 0 Å². The fourth-order valence-electron chi connectivity index (χ4n) is 2.08. The van der Waals surface area contributed by atoms with Gasteiger partial charge in [0.15, 0.2) is 0 Å². The van der Waals surface area contributed by atoms with E-state index in [1.54, 1.807) is 18.5 Å². The highest BCUT2D eigenvalue weighted by Gasteiger charge is 2.22. The number of amides is 1. The van der Waals surface area contributed by atoms with Gasteiger partial charge in [0.25, 0.3) is 0 Å². The van der Waals surface area contributed by atoms with Crippen LogP contribution in [-0.4, -0.2) is 15.9 Å². The number of nitrogens with zero attached hydrogens (tertiary/aromatic N) is 2. The minimum absolute atomic E-state index is 0.142. The molecule has 3 rings (SSSR count). The van der Waals surface area contributed by atoms with Gasteiger partial charge in [0.05, 0.1) is 0 Å². The lowest BCUT2D eigenvalue weighted by molar-refractivity contribution is -0.115. The van der Waals surface area contributed by atoms with Gasteiger partial charge in [-0.05, 0) is 23.8 Å². The third kappa shape index (κ3) is 4.17. The van der Waals surface area contributed by atoms with Crippen LogP contribution in [0.4, 0.5) is 5.95 Å².